The molecule has 0 fully saturated rings. The van der Waals surface area contributed by atoms with Crippen molar-refractivity contribution in [2.75, 3.05) is 22.3 Å². The van der Waals surface area contributed by atoms with E-state index in [0.29, 0.717) is 28.8 Å². The van der Waals surface area contributed by atoms with Crippen LogP contribution in [0.5, 0.6) is 11.5 Å². The number of nitrogens with zero attached hydrogens (tertiary/aromatic N) is 3. The fraction of sp³-hybridized carbons (Fsp3) is 0.185. The van der Waals surface area contributed by atoms with Gasteiger partial charge in [0, 0.05) is 18.3 Å². The smallest absolute Gasteiger partial charge is 0.253 e. The summed E-state index contributed by atoms with van der Waals surface area (Å²) in [5.41, 5.74) is 3.60. The maximum atomic E-state index is 13.6. The Morgan fingerprint density at radius 3 is 2.49 bits per heavy atom. The average Bonchev–Trinajstić information content (AvgIpc) is 3.56. The van der Waals surface area contributed by atoms with Gasteiger partial charge in [0.15, 0.2) is 11.5 Å². The normalized spacial score (nSPS) is 15.6. The molecule has 37 heavy (non-hydrogen) atoms. The van der Waals surface area contributed by atoms with Crippen molar-refractivity contribution in [2.24, 2.45) is 0 Å². The van der Waals surface area contributed by atoms with Crippen LogP contribution >= 0.6 is 0 Å². The Kier molecular flexibility index (Phi) is 5.48. The molecule has 186 valence electrons. The molecule has 10 heteroatoms. The number of ether oxygens (including phenoxy) is 2. The number of carbonyl (C=O) groups is 3. The molecule has 0 saturated carbocycles. The number of carbonyl (C=O) groups excluding carboxylic acids is 3. The molecule has 1 atom stereocenters. The summed E-state index contributed by atoms with van der Waals surface area (Å²) >= 11 is 0. The Balaban J connectivity index is 1.25. The molecule has 6 rings (SSSR count). The first-order valence-corrected chi connectivity index (χ1v) is 11.8. The van der Waals surface area contributed by atoms with Gasteiger partial charge < -0.3 is 20.1 Å². The quantitative estimate of drug-likeness (QED) is 0.418. The topological polar surface area (TPSA) is 115 Å². The highest BCUT2D eigenvalue weighted by Crippen LogP contribution is 2.39. The lowest BCUT2D eigenvalue weighted by molar-refractivity contribution is -0.124. The minimum atomic E-state index is -0.741. The molecule has 3 amide bonds. The highest BCUT2D eigenvalue weighted by Gasteiger charge is 2.41. The van der Waals surface area contributed by atoms with E-state index in [1.54, 1.807) is 29.2 Å². The Morgan fingerprint density at radius 1 is 0.973 bits per heavy atom. The molecule has 0 unspecified atom stereocenters. The first kappa shape index (κ1) is 22.6. The van der Waals surface area contributed by atoms with Gasteiger partial charge >= 0.3 is 0 Å². The number of imidazole rings is 1. The van der Waals surface area contributed by atoms with Gasteiger partial charge in [-0.3, -0.25) is 23.9 Å². The second-order valence-electron chi connectivity index (χ2n) is 8.91. The van der Waals surface area contributed by atoms with Gasteiger partial charge in [-0.05, 0) is 54.1 Å². The second kappa shape index (κ2) is 8.98. The summed E-state index contributed by atoms with van der Waals surface area (Å²) in [6, 6.07) is 19.2. The Morgan fingerprint density at radius 2 is 1.70 bits per heavy atom. The first-order valence-electron chi connectivity index (χ1n) is 11.8. The molecule has 2 aliphatic rings. The van der Waals surface area contributed by atoms with Crippen molar-refractivity contribution in [1.29, 1.82) is 0 Å². The molecule has 0 radical (unpaired) electrons. The predicted molar refractivity (Wildman–Crippen MR) is 137 cm³/mol. The SMILES string of the molecule is CC(=O)Nc1ccc(NC(=O)C[C@@H]2C(=O)N(Cc3ccc4c(c3)OCO4)c3nc4ccccc4n32)cc1. The van der Waals surface area contributed by atoms with Crippen molar-refractivity contribution < 1.29 is 23.9 Å². The molecule has 2 N–H and O–H groups in total. The number of rotatable bonds is 6. The van der Waals surface area contributed by atoms with Gasteiger partial charge in [-0.2, -0.15) is 0 Å². The van der Waals surface area contributed by atoms with Crippen molar-refractivity contribution in [2.45, 2.75) is 25.9 Å². The van der Waals surface area contributed by atoms with Crippen LogP contribution in [0.2, 0.25) is 0 Å². The zero-order chi connectivity index (χ0) is 25.5. The number of fused-ring (bicyclic) bond motifs is 4. The standard InChI is InChI=1S/C27H23N5O5/c1-16(33)28-18-7-9-19(10-8-18)29-25(34)13-22-26(35)31(14-17-6-11-23-24(12-17)37-15-36-23)27-30-20-4-2-3-5-21(20)32(22)27/h2-12,22H,13-15H2,1H3,(H,28,33)(H,29,34)/t22-/m1/s1. The van der Waals surface area contributed by atoms with E-state index in [4.69, 9.17) is 14.5 Å². The van der Waals surface area contributed by atoms with Gasteiger partial charge in [-0.15, -0.1) is 0 Å². The molecule has 4 aromatic rings. The lowest BCUT2D eigenvalue weighted by atomic mass is 10.1. The molecule has 0 bridgehead atoms. The molecule has 0 aliphatic carbocycles. The average molecular weight is 498 g/mol. The summed E-state index contributed by atoms with van der Waals surface area (Å²) in [4.78, 5) is 44.2. The van der Waals surface area contributed by atoms with Crippen LogP contribution in [0.1, 0.15) is 24.9 Å². The van der Waals surface area contributed by atoms with Crippen molar-refractivity contribution in [3.63, 3.8) is 0 Å². The Hall–Kier alpha value is -4.86. The molecule has 0 spiro atoms. The van der Waals surface area contributed by atoms with Crippen LogP contribution in [0.3, 0.4) is 0 Å². The number of nitrogens with one attached hydrogen (secondary N) is 2. The van der Waals surface area contributed by atoms with Crippen molar-refractivity contribution in [3.8, 4) is 11.5 Å². The van der Waals surface area contributed by atoms with Gasteiger partial charge in [0.05, 0.1) is 24.0 Å². The maximum absolute atomic E-state index is 13.6. The predicted octanol–water partition coefficient (Wildman–Crippen LogP) is 3.84. The zero-order valence-electron chi connectivity index (χ0n) is 19.9. The van der Waals surface area contributed by atoms with E-state index in [9.17, 15) is 14.4 Å². The molecule has 10 nitrogen and oxygen atoms in total. The van der Waals surface area contributed by atoms with Gasteiger partial charge in [0.25, 0.3) is 5.91 Å². The summed E-state index contributed by atoms with van der Waals surface area (Å²) in [5.74, 6) is 1.12. The zero-order valence-corrected chi connectivity index (χ0v) is 19.9. The number of benzene rings is 3. The van der Waals surface area contributed by atoms with Gasteiger partial charge in [-0.1, -0.05) is 18.2 Å². The molecule has 3 aromatic carbocycles. The van der Waals surface area contributed by atoms with Crippen molar-refractivity contribution >= 4 is 46.1 Å². The number of aromatic nitrogens is 2. The summed E-state index contributed by atoms with van der Waals surface area (Å²) in [6.45, 7) is 1.88. The summed E-state index contributed by atoms with van der Waals surface area (Å²) in [6.07, 6.45) is -0.0583. The molecular weight excluding hydrogens is 474 g/mol. The van der Waals surface area contributed by atoms with Crippen LogP contribution in [-0.4, -0.2) is 34.1 Å². The maximum Gasteiger partial charge on any atom is 0.253 e. The summed E-state index contributed by atoms with van der Waals surface area (Å²) in [7, 11) is 0. The fourth-order valence-corrected chi connectivity index (χ4v) is 4.70. The highest BCUT2D eigenvalue weighted by molar-refractivity contribution is 6.05. The number of anilines is 3. The van der Waals surface area contributed by atoms with Crippen LogP contribution < -0.4 is 25.0 Å². The Bertz CT molecular complexity index is 1540. The van der Waals surface area contributed by atoms with E-state index >= 15 is 0 Å². The molecule has 2 aliphatic heterocycles. The largest absolute Gasteiger partial charge is 0.454 e. The van der Waals surface area contributed by atoms with Crippen LogP contribution in [0.4, 0.5) is 17.3 Å². The van der Waals surface area contributed by atoms with Crippen LogP contribution in [-0.2, 0) is 20.9 Å². The number of para-hydroxylation sites is 2. The first-order chi connectivity index (χ1) is 18.0. The van der Waals surface area contributed by atoms with E-state index in [-0.39, 0.29) is 37.5 Å². The lowest BCUT2D eigenvalue weighted by Crippen LogP contribution is -2.31. The minimum Gasteiger partial charge on any atom is -0.454 e. The Labute approximate surface area is 211 Å². The molecule has 1 aromatic heterocycles. The molecule has 3 heterocycles. The van der Waals surface area contributed by atoms with E-state index in [0.717, 1.165) is 16.6 Å². The van der Waals surface area contributed by atoms with E-state index in [1.165, 1.54) is 6.92 Å². The number of hydrogen-bond acceptors (Lipinski definition) is 6. The summed E-state index contributed by atoms with van der Waals surface area (Å²) in [5, 5.41) is 5.53. The number of hydrogen-bond donors (Lipinski definition) is 2. The molecule has 0 saturated heterocycles. The number of amides is 3. The van der Waals surface area contributed by atoms with Gasteiger partial charge in [0.1, 0.15) is 6.04 Å². The van der Waals surface area contributed by atoms with E-state index in [2.05, 4.69) is 10.6 Å². The third kappa shape index (κ3) is 4.22. The van der Waals surface area contributed by atoms with Gasteiger partial charge in [0.2, 0.25) is 24.6 Å². The van der Waals surface area contributed by atoms with Crippen LogP contribution in [0.25, 0.3) is 11.0 Å². The summed E-state index contributed by atoms with van der Waals surface area (Å²) < 4.78 is 12.7. The second-order valence-corrected chi connectivity index (χ2v) is 8.91. The third-order valence-electron chi connectivity index (χ3n) is 6.33. The highest BCUT2D eigenvalue weighted by atomic mass is 16.7. The van der Waals surface area contributed by atoms with E-state index < -0.39 is 6.04 Å². The van der Waals surface area contributed by atoms with Crippen molar-refractivity contribution in [1.82, 2.24) is 9.55 Å². The fourth-order valence-electron chi connectivity index (χ4n) is 4.70. The van der Waals surface area contributed by atoms with Crippen molar-refractivity contribution in [3.05, 3.63) is 72.3 Å². The third-order valence-corrected chi connectivity index (χ3v) is 6.33. The van der Waals surface area contributed by atoms with E-state index in [1.807, 2.05) is 47.0 Å². The minimum absolute atomic E-state index is 0.0583. The lowest BCUT2D eigenvalue weighted by Gasteiger charge is -2.16. The van der Waals surface area contributed by atoms with Gasteiger partial charge in [-0.25, -0.2) is 4.98 Å². The monoisotopic (exact) mass is 497 g/mol. The van der Waals surface area contributed by atoms with Crippen LogP contribution in [0.15, 0.2) is 66.7 Å². The van der Waals surface area contributed by atoms with Crippen LogP contribution in [0, 0.1) is 0 Å². The molecular formula is C27H23N5O5.